The van der Waals surface area contributed by atoms with Crippen molar-refractivity contribution in [2.24, 2.45) is 0 Å². The van der Waals surface area contributed by atoms with E-state index in [1.54, 1.807) is 65.0 Å². The molecule has 10 nitrogen and oxygen atoms in total. The van der Waals surface area contributed by atoms with E-state index in [0.29, 0.717) is 10.6 Å². The molecule has 0 spiro atoms. The molecule has 3 aromatic rings. The Morgan fingerprint density at radius 2 is 1.79 bits per heavy atom. The minimum Gasteiger partial charge on any atom is -0.488 e. The Balaban J connectivity index is 1.92. The number of hydrogen-bond donors (Lipinski definition) is 2. The standard InChI is InChI=1S/C26H31ClFN5O5/c1-16(2)37-21-11-10-19(14-20(21)28)30-22-31-23(34)32(13-12-29-24(35)38-26(3,4)5)25(36)33(22)15-17-6-8-18(27)9-7-17/h6-11,14,16H,12-13,15H2,1-5H3,(H,29,35)(H,30,31,34). The number of amides is 1. The van der Waals surface area contributed by atoms with Crippen molar-refractivity contribution in [2.75, 3.05) is 11.9 Å². The molecule has 1 heterocycles. The molecule has 0 atom stereocenters. The Morgan fingerprint density at radius 1 is 1.11 bits per heavy atom. The van der Waals surface area contributed by atoms with Crippen LogP contribution in [0.3, 0.4) is 0 Å². The van der Waals surface area contributed by atoms with E-state index in [1.807, 2.05) is 0 Å². The molecule has 2 aromatic carbocycles. The molecule has 0 fully saturated rings. The fraction of sp³-hybridized carbons (Fsp3) is 0.385. The summed E-state index contributed by atoms with van der Waals surface area (Å²) in [7, 11) is 0. The molecule has 0 saturated carbocycles. The second-order valence-corrected chi connectivity index (χ2v) is 10.2. The van der Waals surface area contributed by atoms with Gasteiger partial charge in [0.1, 0.15) is 5.60 Å². The van der Waals surface area contributed by atoms with E-state index in [2.05, 4.69) is 15.6 Å². The summed E-state index contributed by atoms with van der Waals surface area (Å²) in [5, 5.41) is 5.90. The smallest absolute Gasteiger partial charge is 0.407 e. The summed E-state index contributed by atoms with van der Waals surface area (Å²) in [6.45, 7) is 8.59. The minimum atomic E-state index is -0.837. The molecule has 12 heteroatoms. The van der Waals surface area contributed by atoms with Crippen molar-refractivity contribution in [3.8, 4) is 5.75 Å². The van der Waals surface area contributed by atoms with Crippen molar-refractivity contribution in [3.63, 3.8) is 0 Å². The van der Waals surface area contributed by atoms with Crippen molar-refractivity contribution in [3.05, 3.63) is 79.8 Å². The van der Waals surface area contributed by atoms with Crippen LogP contribution in [0.4, 0.5) is 20.8 Å². The lowest BCUT2D eigenvalue weighted by atomic mass is 10.2. The molecule has 0 bridgehead atoms. The fourth-order valence-electron chi connectivity index (χ4n) is 3.37. The number of aromatic nitrogens is 3. The highest BCUT2D eigenvalue weighted by Crippen LogP contribution is 2.24. The molecule has 1 amide bonds. The van der Waals surface area contributed by atoms with Crippen LogP contribution >= 0.6 is 11.6 Å². The Morgan fingerprint density at radius 3 is 2.39 bits per heavy atom. The van der Waals surface area contributed by atoms with E-state index in [0.717, 1.165) is 4.57 Å². The van der Waals surface area contributed by atoms with Crippen LogP contribution < -0.4 is 26.7 Å². The van der Waals surface area contributed by atoms with Gasteiger partial charge in [-0.3, -0.25) is 4.57 Å². The molecule has 1 aromatic heterocycles. The molecule has 0 aliphatic heterocycles. The van der Waals surface area contributed by atoms with Crippen molar-refractivity contribution in [1.82, 2.24) is 19.4 Å². The van der Waals surface area contributed by atoms with Crippen LogP contribution in [0, 0.1) is 5.82 Å². The van der Waals surface area contributed by atoms with Gasteiger partial charge in [-0.1, -0.05) is 23.7 Å². The highest BCUT2D eigenvalue weighted by atomic mass is 35.5. The number of alkyl carbamates (subject to hydrolysis) is 1. The third-order valence-corrected chi connectivity index (χ3v) is 5.21. The number of carbonyl (C=O) groups is 1. The van der Waals surface area contributed by atoms with Crippen molar-refractivity contribution >= 4 is 29.3 Å². The normalized spacial score (nSPS) is 11.4. The monoisotopic (exact) mass is 547 g/mol. The van der Waals surface area contributed by atoms with Crippen molar-refractivity contribution in [1.29, 1.82) is 0 Å². The van der Waals surface area contributed by atoms with E-state index >= 15 is 0 Å². The lowest BCUT2D eigenvalue weighted by Gasteiger charge is -2.20. The summed E-state index contributed by atoms with van der Waals surface area (Å²) in [5.41, 5.74) is -1.23. The third kappa shape index (κ3) is 8.07. The second-order valence-electron chi connectivity index (χ2n) is 9.73. The summed E-state index contributed by atoms with van der Waals surface area (Å²) in [5.74, 6) is -0.620. The number of anilines is 2. The molecule has 0 unspecified atom stereocenters. The van der Waals surface area contributed by atoms with Crippen LogP contribution in [0.2, 0.25) is 5.02 Å². The Kier molecular flexibility index (Phi) is 9.16. The molecule has 0 radical (unpaired) electrons. The molecule has 0 saturated heterocycles. The predicted octanol–water partition coefficient (Wildman–Crippen LogP) is 4.30. The van der Waals surface area contributed by atoms with Crippen LogP contribution in [0.5, 0.6) is 5.75 Å². The lowest BCUT2D eigenvalue weighted by Crippen LogP contribution is -2.45. The van der Waals surface area contributed by atoms with Gasteiger partial charge in [0.25, 0.3) is 0 Å². The van der Waals surface area contributed by atoms with Gasteiger partial charge in [0.2, 0.25) is 5.95 Å². The molecule has 204 valence electrons. The van der Waals surface area contributed by atoms with E-state index in [-0.39, 0.29) is 43.1 Å². The first-order chi connectivity index (χ1) is 17.8. The van der Waals surface area contributed by atoms with Gasteiger partial charge < -0.3 is 20.1 Å². The fourth-order valence-corrected chi connectivity index (χ4v) is 3.50. The van der Waals surface area contributed by atoms with Crippen molar-refractivity contribution in [2.45, 2.75) is 59.4 Å². The van der Waals surface area contributed by atoms with Gasteiger partial charge in [-0.2, -0.15) is 4.98 Å². The number of nitrogens with one attached hydrogen (secondary N) is 2. The average molecular weight is 548 g/mol. The van der Waals surface area contributed by atoms with Crippen LogP contribution in [0.25, 0.3) is 0 Å². The van der Waals surface area contributed by atoms with Gasteiger partial charge in [0.05, 0.1) is 12.6 Å². The largest absolute Gasteiger partial charge is 0.488 e. The number of nitrogens with zero attached hydrogens (tertiary/aromatic N) is 3. The van der Waals surface area contributed by atoms with Gasteiger partial charge in [-0.25, -0.2) is 23.3 Å². The van der Waals surface area contributed by atoms with Crippen LogP contribution in [-0.2, 0) is 17.8 Å². The zero-order valence-corrected chi connectivity index (χ0v) is 22.6. The molecule has 3 rings (SSSR count). The quantitative estimate of drug-likeness (QED) is 0.410. The Hall–Kier alpha value is -3.86. The summed E-state index contributed by atoms with van der Waals surface area (Å²) in [6.07, 6.45) is -0.892. The number of rotatable bonds is 9. The highest BCUT2D eigenvalue weighted by Gasteiger charge is 2.18. The Bertz CT molecular complexity index is 1400. The molecular weight excluding hydrogens is 517 g/mol. The first-order valence-corrected chi connectivity index (χ1v) is 12.4. The maximum atomic E-state index is 14.6. The lowest BCUT2D eigenvalue weighted by molar-refractivity contribution is 0.0525. The van der Waals surface area contributed by atoms with E-state index in [4.69, 9.17) is 21.1 Å². The minimum absolute atomic E-state index is 0.0397. The van der Waals surface area contributed by atoms with Gasteiger partial charge in [-0.15, -0.1) is 0 Å². The summed E-state index contributed by atoms with van der Waals surface area (Å²) in [6, 6.07) is 11.0. The summed E-state index contributed by atoms with van der Waals surface area (Å²) >= 11 is 5.98. The van der Waals surface area contributed by atoms with Crippen LogP contribution in [0.15, 0.2) is 52.1 Å². The predicted molar refractivity (Wildman–Crippen MR) is 143 cm³/mol. The number of carbonyl (C=O) groups excluding carboxylic acids is 1. The number of halogens is 2. The number of benzene rings is 2. The van der Waals surface area contributed by atoms with Crippen molar-refractivity contribution < 1.29 is 18.7 Å². The van der Waals surface area contributed by atoms with Gasteiger partial charge in [0, 0.05) is 29.9 Å². The summed E-state index contributed by atoms with van der Waals surface area (Å²) in [4.78, 5) is 42.2. The van der Waals surface area contributed by atoms with Gasteiger partial charge >= 0.3 is 17.5 Å². The third-order valence-electron chi connectivity index (χ3n) is 4.96. The van der Waals surface area contributed by atoms with Crippen LogP contribution in [0.1, 0.15) is 40.2 Å². The zero-order valence-electron chi connectivity index (χ0n) is 21.9. The van der Waals surface area contributed by atoms with E-state index in [9.17, 15) is 18.8 Å². The molecule has 2 N–H and O–H groups in total. The molecular formula is C26H31ClFN5O5. The molecule has 0 aliphatic rings. The van der Waals surface area contributed by atoms with E-state index < -0.39 is 28.9 Å². The number of ether oxygens (including phenoxy) is 2. The second kappa shape index (κ2) is 12.1. The molecule has 38 heavy (non-hydrogen) atoms. The Labute approximate surface area is 224 Å². The topological polar surface area (TPSA) is 116 Å². The maximum Gasteiger partial charge on any atom is 0.407 e. The summed E-state index contributed by atoms with van der Waals surface area (Å²) < 4.78 is 27.3. The van der Waals surface area contributed by atoms with Crippen LogP contribution in [-0.4, -0.2) is 38.5 Å². The first-order valence-electron chi connectivity index (χ1n) is 12.0. The van der Waals surface area contributed by atoms with Gasteiger partial charge in [-0.05, 0) is 64.4 Å². The van der Waals surface area contributed by atoms with E-state index in [1.165, 1.54) is 16.7 Å². The highest BCUT2D eigenvalue weighted by molar-refractivity contribution is 6.30. The number of hydrogen-bond acceptors (Lipinski definition) is 7. The molecule has 0 aliphatic carbocycles. The first kappa shape index (κ1) is 28.7. The average Bonchev–Trinajstić information content (AvgIpc) is 2.80. The SMILES string of the molecule is CC(C)Oc1ccc(Nc2nc(=O)n(CCNC(=O)OC(C)(C)C)c(=O)n2Cc2ccc(Cl)cc2)cc1F. The van der Waals surface area contributed by atoms with Gasteiger partial charge in [0.15, 0.2) is 11.6 Å². The maximum absolute atomic E-state index is 14.6. The zero-order chi connectivity index (χ0) is 28.0.